The highest BCUT2D eigenvalue weighted by molar-refractivity contribution is 5.85. The normalized spacial score (nSPS) is 14.6. The van der Waals surface area contributed by atoms with Crippen LogP contribution in [0.25, 0.3) is 11.1 Å². The molecular weight excluding hydrogens is 371 g/mol. The van der Waals surface area contributed by atoms with Crippen LogP contribution >= 0.6 is 0 Å². The molecule has 4 rings (SSSR count). The molecule has 1 aliphatic heterocycles. The molecule has 2 aromatic heterocycles. The number of aromatic nitrogens is 4. The molecule has 0 N–H and O–H groups in total. The predicted molar refractivity (Wildman–Crippen MR) is 106 cm³/mol. The van der Waals surface area contributed by atoms with Crippen LogP contribution in [0.2, 0.25) is 0 Å². The van der Waals surface area contributed by atoms with Gasteiger partial charge in [-0.2, -0.15) is 9.65 Å². The summed E-state index contributed by atoms with van der Waals surface area (Å²) in [6, 6.07) is 9.11. The van der Waals surface area contributed by atoms with Crippen molar-refractivity contribution in [2.24, 2.45) is 7.05 Å². The summed E-state index contributed by atoms with van der Waals surface area (Å²) in [5.41, 5.74) is 2.88. The highest BCUT2D eigenvalue weighted by Gasteiger charge is 2.27. The Bertz CT molecular complexity index is 1070. The minimum absolute atomic E-state index is 0.332. The Morgan fingerprint density at radius 2 is 2.03 bits per heavy atom. The van der Waals surface area contributed by atoms with Crippen LogP contribution in [0.3, 0.4) is 0 Å². The van der Waals surface area contributed by atoms with Gasteiger partial charge in [0.1, 0.15) is 24.0 Å². The van der Waals surface area contributed by atoms with Gasteiger partial charge in [0.2, 0.25) is 5.95 Å². The Labute approximate surface area is 168 Å². The van der Waals surface area contributed by atoms with Crippen molar-refractivity contribution in [1.82, 2.24) is 19.7 Å². The number of methoxy groups -OCH3 is 1. The van der Waals surface area contributed by atoms with Crippen LogP contribution in [-0.2, 0) is 7.05 Å². The average Bonchev–Trinajstić information content (AvgIpc) is 3.19. The van der Waals surface area contributed by atoms with Gasteiger partial charge in [-0.1, -0.05) is 12.1 Å². The van der Waals surface area contributed by atoms with Gasteiger partial charge in [-0.05, 0) is 18.9 Å². The molecule has 1 aromatic carbocycles. The van der Waals surface area contributed by atoms with Crippen LogP contribution in [0.4, 0.5) is 10.1 Å². The van der Waals surface area contributed by atoms with Gasteiger partial charge in [-0.3, -0.25) is 0 Å². The van der Waals surface area contributed by atoms with E-state index in [4.69, 9.17) is 4.74 Å². The Morgan fingerprint density at radius 3 is 2.69 bits per heavy atom. The Hall–Kier alpha value is -3.47. The van der Waals surface area contributed by atoms with Crippen molar-refractivity contribution in [2.75, 3.05) is 25.1 Å². The average molecular weight is 392 g/mol. The number of benzene rings is 1. The fraction of sp³-hybridized carbons (Fsp3) is 0.333. The second kappa shape index (κ2) is 7.87. The summed E-state index contributed by atoms with van der Waals surface area (Å²) < 4.78 is 20.9. The van der Waals surface area contributed by atoms with Gasteiger partial charge in [-0.25, -0.2) is 4.98 Å². The molecule has 8 heteroatoms. The van der Waals surface area contributed by atoms with Gasteiger partial charge in [-0.15, -0.1) is 10.2 Å². The lowest BCUT2D eigenvalue weighted by Crippen LogP contribution is -2.34. The molecule has 148 valence electrons. The number of hydrogen-bond acceptors (Lipinski definition) is 6. The molecule has 0 amide bonds. The van der Waals surface area contributed by atoms with E-state index in [0.29, 0.717) is 22.8 Å². The van der Waals surface area contributed by atoms with E-state index in [2.05, 4.69) is 26.2 Å². The van der Waals surface area contributed by atoms with Crippen molar-refractivity contribution in [1.29, 1.82) is 5.26 Å². The fourth-order valence-corrected chi connectivity index (χ4v) is 4.00. The van der Waals surface area contributed by atoms with Crippen molar-refractivity contribution in [3.63, 3.8) is 0 Å². The third-order valence-corrected chi connectivity index (χ3v) is 5.42. The maximum atomic E-state index is 13.6. The topological polar surface area (TPSA) is 79.9 Å². The van der Waals surface area contributed by atoms with Crippen LogP contribution < -0.4 is 9.64 Å². The van der Waals surface area contributed by atoms with Crippen LogP contribution in [0, 0.1) is 17.3 Å². The summed E-state index contributed by atoms with van der Waals surface area (Å²) in [5.74, 6) is 1.11. The molecule has 0 bridgehead atoms. The molecule has 1 saturated heterocycles. The fourth-order valence-electron chi connectivity index (χ4n) is 4.00. The third-order valence-electron chi connectivity index (χ3n) is 5.42. The summed E-state index contributed by atoms with van der Waals surface area (Å²) in [4.78, 5) is 6.01. The minimum Gasteiger partial charge on any atom is -0.496 e. The molecule has 0 aliphatic carbocycles. The van der Waals surface area contributed by atoms with E-state index in [1.165, 1.54) is 19.4 Å². The van der Waals surface area contributed by atoms with Crippen LogP contribution in [0.1, 0.15) is 30.1 Å². The van der Waals surface area contributed by atoms with E-state index in [9.17, 15) is 9.65 Å². The summed E-state index contributed by atoms with van der Waals surface area (Å²) in [5, 5.41) is 18.0. The lowest BCUT2D eigenvalue weighted by atomic mass is 9.93. The number of hydrogen-bond donors (Lipinski definition) is 0. The molecular formula is C21H21FN6O. The van der Waals surface area contributed by atoms with Crippen molar-refractivity contribution in [2.45, 2.75) is 18.8 Å². The third kappa shape index (κ3) is 3.51. The first-order chi connectivity index (χ1) is 14.1. The molecule has 29 heavy (non-hydrogen) atoms. The van der Waals surface area contributed by atoms with E-state index >= 15 is 0 Å². The number of anilines is 1. The summed E-state index contributed by atoms with van der Waals surface area (Å²) >= 11 is 0. The van der Waals surface area contributed by atoms with E-state index in [1.807, 2.05) is 23.7 Å². The van der Waals surface area contributed by atoms with Crippen molar-refractivity contribution < 1.29 is 9.13 Å². The Morgan fingerprint density at radius 1 is 1.24 bits per heavy atom. The second-order valence-electron chi connectivity index (χ2n) is 7.08. The largest absolute Gasteiger partial charge is 0.496 e. The van der Waals surface area contributed by atoms with Crippen LogP contribution in [0.15, 0.2) is 36.8 Å². The lowest BCUT2D eigenvalue weighted by Gasteiger charge is -2.35. The van der Waals surface area contributed by atoms with E-state index in [1.54, 1.807) is 12.4 Å². The minimum atomic E-state index is -0.604. The van der Waals surface area contributed by atoms with E-state index in [0.717, 1.165) is 43.0 Å². The number of aryl methyl sites for hydroxylation is 1. The summed E-state index contributed by atoms with van der Waals surface area (Å²) in [6.45, 7) is 1.56. The maximum absolute atomic E-state index is 13.6. The number of nitriles is 1. The molecule has 7 nitrogen and oxygen atoms in total. The zero-order valence-electron chi connectivity index (χ0n) is 16.3. The van der Waals surface area contributed by atoms with E-state index < -0.39 is 5.95 Å². The number of para-hydroxylation sites is 1. The molecule has 0 atom stereocenters. The zero-order valence-corrected chi connectivity index (χ0v) is 16.3. The highest BCUT2D eigenvalue weighted by atomic mass is 19.1. The zero-order chi connectivity index (χ0) is 20.4. The Kier molecular flexibility index (Phi) is 5.12. The number of ether oxygens (including phenoxy) is 1. The molecule has 1 fully saturated rings. The van der Waals surface area contributed by atoms with Gasteiger partial charge in [0, 0.05) is 49.4 Å². The highest BCUT2D eigenvalue weighted by Crippen LogP contribution is 2.40. The molecule has 0 saturated carbocycles. The Balaban J connectivity index is 1.70. The lowest BCUT2D eigenvalue weighted by molar-refractivity contribution is 0.410. The molecule has 3 heterocycles. The van der Waals surface area contributed by atoms with E-state index in [-0.39, 0.29) is 0 Å². The quantitative estimate of drug-likeness (QED) is 0.634. The van der Waals surface area contributed by atoms with Gasteiger partial charge < -0.3 is 14.2 Å². The monoisotopic (exact) mass is 392 g/mol. The number of halogens is 1. The standard InChI is InChI=1S/C21H21FN6O/c1-27-13-25-26-21(27)14-6-8-28(9-7-14)20-15(11-23)4-3-5-16(20)17-12-24-19(22)10-18(17)29-2/h3-5,10,12-14H,6-9H2,1-2H3. The van der Waals surface area contributed by atoms with Crippen molar-refractivity contribution in [3.05, 3.63) is 54.1 Å². The van der Waals surface area contributed by atoms with Gasteiger partial charge in [0.05, 0.1) is 18.4 Å². The smallest absolute Gasteiger partial charge is 0.216 e. The SMILES string of the molecule is COc1cc(F)ncc1-c1cccc(C#N)c1N1CCC(c2nncn2C)CC1. The van der Waals surface area contributed by atoms with Gasteiger partial charge in [0.25, 0.3) is 0 Å². The number of pyridine rings is 1. The van der Waals surface area contributed by atoms with Gasteiger partial charge >= 0.3 is 0 Å². The van der Waals surface area contributed by atoms with Gasteiger partial charge in [0.15, 0.2) is 0 Å². The molecule has 0 radical (unpaired) electrons. The summed E-state index contributed by atoms with van der Waals surface area (Å²) in [7, 11) is 3.46. The number of piperidine rings is 1. The second-order valence-corrected chi connectivity index (χ2v) is 7.08. The number of nitrogens with zero attached hydrogens (tertiary/aromatic N) is 6. The maximum Gasteiger partial charge on any atom is 0.216 e. The first kappa shape index (κ1) is 18.9. The molecule has 0 spiro atoms. The van der Waals surface area contributed by atoms with Crippen LogP contribution in [-0.4, -0.2) is 39.9 Å². The number of rotatable bonds is 4. The molecule has 0 unspecified atom stereocenters. The first-order valence-corrected chi connectivity index (χ1v) is 9.44. The van der Waals surface area contributed by atoms with Crippen molar-refractivity contribution in [3.8, 4) is 22.9 Å². The first-order valence-electron chi connectivity index (χ1n) is 9.44. The molecule has 1 aliphatic rings. The molecule has 3 aromatic rings. The summed E-state index contributed by atoms with van der Waals surface area (Å²) in [6.07, 6.45) is 4.99. The predicted octanol–water partition coefficient (Wildman–Crippen LogP) is 3.28. The van der Waals surface area contributed by atoms with Crippen LogP contribution in [0.5, 0.6) is 5.75 Å². The van der Waals surface area contributed by atoms with Crippen molar-refractivity contribution >= 4 is 5.69 Å².